The molecule has 1 atom stereocenters. The third-order valence-corrected chi connectivity index (χ3v) is 6.29. The van der Waals surface area contributed by atoms with Crippen molar-refractivity contribution < 1.29 is 4.74 Å². The molecule has 1 unspecified atom stereocenters. The molecular formula is C21H23ClN8OS. The van der Waals surface area contributed by atoms with E-state index in [0.717, 1.165) is 48.6 Å². The van der Waals surface area contributed by atoms with Gasteiger partial charge in [0, 0.05) is 17.0 Å². The quantitative estimate of drug-likeness (QED) is 0.473. The Hall–Kier alpha value is -3.00. The number of rotatable bonds is 5. The first-order valence-electron chi connectivity index (χ1n) is 10.3. The maximum Gasteiger partial charge on any atom is 0.201 e. The molecule has 0 saturated carbocycles. The largest absolute Gasteiger partial charge is 0.469 e. The number of aromatic nitrogens is 6. The lowest BCUT2D eigenvalue weighted by Gasteiger charge is -2.23. The molecule has 11 heteroatoms. The lowest BCUT2D eigenvalue weighted by atomic mass is 10.1. The van der Waals surface area contributed by atoms with Crippen LogP contribution in [0.2, 0.25) is 0 Å². The van der Waals surface area contributed by atoms with Crippen LogP contribution in [-0.2, 0) is 0 Å². The van der Waals surface area contributed by atoms with Crippen molar-refractivity contribution >= 4 is 29.6 Å². The van der Waals surface area contributed by atoms with Gasteiger partial charge in [0.2, 0.25) is 5.88 Å². The van der Waals surface area contributed by atoms with E-state index in [2.05, 4.69) is 31.1 Å². The molecule has 5 heterocycles. The molecule has 0 spiro atoms. The Kier molecular flexibility index (Phi) is 6.41. The van der Waals surface area contributed by atoms with Crippen LogP contribution < -0.4 is 10.1 Å². The van der Waals surface area contributed by atoms with E-state index in [1.807, 2.05) is 42.1 Å². The molecule has 1 aliphatic rings. The van der Waals surface area contributed by atoms with Crippen molar-refractivity contribution in [3.63, 3.8) is 0 Å². The van der Waals surface area contributed by atoms with Gasteiger partial charge in [-0.1, -0.05) is 5.21 Å². The van der Waals surface area contributed by atoms with E-state index >= 15 is 0 Å². The number of pyridine rings is 1. The molecule has 9 nitrogen and oxygen atoms in total. The van der Waals surface area contributed by atoms with E-state index in [1.54, 1.807) is 10.6 Å². The molecule has 0 bridgehead atoms. The minimum Gasteiger partial charge on any atom is -0.469 e. The van der Waals surface area contributed by atoms with E-state index < -0.39 is 0 Å². The molecule has 1 saturated heterocycles. The lowest BCUT2D eigenvalue weighted by Crippen LogP contribution is -2.30. The molecule has 1 N–H and O–H groups in total. The van der Waals surface area contributed by atoms with E-state index in [1.165, 1.54) is 11.5 Å². The first-order valence-corrected chi connectivity index (χ1v) is 11.1. The second-order valence-corrected chi connectivity index (χ2v) is 8.33. The molecule has 166 valence electrons. The highest BCUT2D eigenvalue weighted by atomic mass is 35.5. The van der Waals surface area contributed by atoms with Crippen LogP contribution in [0.3, 0.4) is 0 Å². The summed E-state index contributed by atoms with van der Waals surface area (Å²) in [6.07, 6.45) is 3.35. The monoisotopic (exact) mass is 470 g/mol. The Balaban J connectivity index is 0.00000245. The SMILES string of the molecule is Cc1c(-c2cc(OC(C)c3ccsn3)n3c(C#N)cnc3c2)nnn1C1CCNCC1.Cl. The number of nitriles is 1. The predicted molar refractivity (Wildman–Crippen MR) is 123 cm³/mol. The van der Waals surface area contributed by atoms with Gasteiger partial charge in [-0.3, -0.25) is 4.40 Å². The number of imidazole rings is 1. The summed E-state index contributed by atoms with van der Waals surface area (Å²) in [5.41, 5.74) is 4.56. The number of nitrogens with zero attached hydrogens (tertiary/aromatic N) is 7. The number of ether oxygens (including phenoxy) is 1. The summed E-state index contributed by atoms with van der Waals surface area (Å²) in [5, 5.41) is 23.8. The van der Waals surface area contributed by atoms with Gasteiger partial charge in [-0.2, -0.15) is 9.64 Å². The van der Waals surface area contributed by atoms with Crippen LogP contribution in [0.5, 0.6) is 5.88 Å². The Morgan fingerprint density at radius 2 is 2.12 bits per heavy atom. The molecule has 1 aliphatic heterocycles. The Morgan fingerprint density at radius 3 is 2.84 bits per heavy atom. The molecule has 4 aromatic rings. The van der Waals surface area contributed by atoms with Gasteiger partial charge < -0.3 is 10.1 Å². The Bertz CT molecular complexity index is 1250. The minimum absolute atomic E-state index is 0. The fourth-order valence-corrected chi connectivity index (χ4v) is 4.65. The van der Waals surface area contributed by atoms with E-state index in [9.17, 15) is 5.26 Å². The molecule has 0 aromatic carbocycles. The van der Waals surface area contributed by atoms with Crippen LogP contribution in [-0.4, -0.2) is 41.8 Å². The normalized spacial score (nSPS) is 15.3. The zero-order valence-electron chi connectivity index (χ0n) is 17.7. The van der Waals surface area contributed by atoms with Crippen LogP contribution in [0.1, 0.15) is 49.0 Å². The second kappa shape index (κ2) is 9.24. The maximum absolute atomic E-state index is 9.54. The van der Waals surface area contributed by atoms with Crippen molar-refractivity contribution in [2.75, 3.05) is 13.1 Å². The molecule has 0 amide bonds. The number of nitrogens with one attached hydrogen (secondary N) is 1. The average Bonchev–Trinajstić information content (AvgIpc) is 3.54. The van der Waals surface area contributed by atoms with Gasteiger partial charge in [0.05, 0.1) is 23.6 Å². The zero-order chi connectivity index (χ0) is 21.4. The van der Waals surface area contributed by atoms with Gasteiger partial charge in [0.25, 0.3) is 0 Å². The van der Waals surface area contributed by atoms with Crippen molar-refractivity contribution in [2.24, 2.45) is 0 Å². The van der Waals surface area contributed by atoms with E-state index in [-0.39, 0.29) is 18.5 Å². The van der Waals surface area contributed by atoms with Gasteiger partial charge in [0.1, 0.15) is 29.2 Å². The fraction of sp³-hybridized carbons (Fsp3) is 0.381. The fourth-order valence-electron chi connectivity index (χ4n) is 4.06. The summed E-state index contributed by atoms with van der Waals surface area (Å²) >= 11 is 1.38. The summed E-state index contributed by atoms with van der Waals surface area (Å²) in [5.74, 6) is 0.526. The minimum atomic E-state index is -0.273. The van der Waals surface area contributed by atoms with Crippen LogP contribution in [0.25, 0.3) is 16.9 Å². The Morgan fingerprint density at radius 1 is 1.31 bits per heavy atom. The highest BCUT2D eigenvalue weighted by Gasteiger charge is 2.22. The third-order valence-electron chi connectivity index (χ3n) is 5.71. The maximum atomic E-state index is 9.54. The number of piperidine rings is 1. The summed E-state index contributed by atoms with van der Waals surface area (Å²) in [6, 6.07) is 8.30. The number of hydrogen-bond acceptors (Lipinski definition) is 8. The predicted octanol–water partition coefficient (Wildman–Crippen LogP) is 3.72. The second-order valence-electron chi connectivity index (χ2n) is 7.66. The molecule has 0 radical (unpaired) electrons. The smallest absolute Gasteiger partial charge is 0.201 e. The van der Waals surface area contributed by atoms with Gasteiger partial charge in [-0.15, -0.1) is 17.5 Å². The Labute approximate surface area is 195 Å². The molecular weight excluding hydrogens is 448 g/mol. The molecule has 5 rings (SSSR count). The molecule has 1 fully saturated rings. The molecule has 0 aliphatic carbocycles. The van der Waals surface area contributed by atoms with Crippen LogP contribution in [0.4, 0.5) is 0 Å². The first kappa shape index (κ1) is 22.2. The summed E-state index contributed by atoms with van der Waals surface area (Å²) in [4.78, 5) is 4.42. The summed E-state index contributed by atoms with van der Waals surface area (Å²) in [7, 11) is 0. The summed E-state index contributed by atoms with van der Waals surface area (Å²) < 4.78 is 14.4. The van der Waals surface area contributed by atoms with E-state index in [4.69, 9.17) is 4.74 Å². The zero-order valence-corrected chi connectivity index (χ0v) is 19.4. The van der Waals surface area contributed by atoms with Crippen LogP contribution in [0.15, 0.2) is 29.8 Å². The van der Waals surface area contributed by atoms with Crippen molar-refractivity contribution in [3.05, 3.63) is 46.9 Å². The molecule has 4 aromatic heterocycles. The molecule has 32 heavy (non-hydrogen) atoms. The van der Waals surface area contributed by atoms with Crippen molar-refractivity contribution in [3.8, 4) is 23.2 Å². The van der Waals surface area contributed by atoms with Crippen molar-refractivity contribution in [1.29, 1.82) is 5.26 Å². The van der Waals surface area contributed by atoms with Crippen LogP contribution in [0, 0.1) is 18.3 Å². The van der Waals surface area contributed by atoms with Gasteiger partial charge >= 0.3 is 0 Å². The highest BCUT2D eigenvalue weighted by molar-refractivity contribution is 7.03. The lowest BCUT2D eigenvalue weighted by molar-refractivity contribution is 0.211. The van der Waals surface area contributed by atoms with Crippen molar-refractivity contribution in [2.45, 2.75) is 38.8 Å². The van der Waals surface area contributed by atoms with Gasteiger partial charge in [-0.25, -0.2) is 9.67 Å². The van der Waals surface area contributed by atoms with Crippen molar-refractivity contribution in [1.82, 2.24) is 34.1 Å². The highest BCUT2D eigenvalue weighted by Crippen LogP contribution is 2.32. The number of hydrogen-bond donors (Lipinski definition) is 1. The van der Waals surface area contributed by atoms with Gasteiger partial charge in [-0.05, 0) is 63.4 Å². The topological polar surface area (TPSA) is 106 Å². The number of halogens is 1. The van der Waals surface area contributed by atoms with Crippen LogP contribution >= 0.6 is 23.9 Å². The standard InChI is InChI=1S/C21H22N8OS.ClH/c1-13-21(25-27-29(13)16-3-6-23-7-4-16)15-9-19-24-12-17(11-22)28(19)20(10-15)30-14(2)18-5-8-31-26-18;/h5,8-10,12,14,16,23H,3-4,6-7H2,1-2H3;1H. The number of fused-ring (bicyclic) bond motifs is 1. The summed E-state index contributed by atoms with van der Waals surface area (Å²) in [6.45, 7) is 5.97. The average molecular weight is 471 g/mol. The third kappa shape index (κ3) is 3.95. The van der Waals surface area contributed by atoms with Gasteiger partial charge in [0.15, 0.2) is 0 Å². The first-order chi connectivity index (χ1) is 15.2. The van der Waals surface area contributed by atoms with E-state index in [0.29, 0.717) is 23.3 Å².